The maximum absolute atomic E-state index is 12.2. The fourth-order valence-electron chi connectivity index (χ4n) is 2.23. The lowest BCUT2D eigenvalue weighted by atomic mass is 9.80. The Morgan fingerprint density at radius 2 is 2.20 bits per heavy atom. The second kappa shape index (κ2) is 6.00. The number of aliphatic carboxylic acids is 1. The molecule has 0 unspecified atom stereocenters. The highest BCUT2D eigenvalue weighted by Gasteiger charge is 2.34. The Balaban J connectivity index is 1.86. The molecule has 1 saturated heterocycles. The molecule has 20 heavy (non-hydrogen) atoms. The molecule has 0 spiro atoms. The first-order chi connectivity index (χ1) is 9.49. The summed E-state index contributed by atoms with van der Waals surface area (Å²) in [7, 11) is 0. The zero-order valence-electron chi connectivity index (χ0n) is 11.4. The zero-order chi connectivity index (χ0) is 14.6. The van der Waals surface area contributed by atoms with Crippen molar-refractivity contribution in [1.82, 2.24) is 25.6 Å². The SMILES string of the molecule is CC1(C(=O)NCc2cn(CC(=O)O)nn2)CCNCC1. The van der Waals surface area contributed by atoms with Gasteiger partial charge in [-0.2, -0.15) is 0 Å². The molecule has 1 aliphatic rings. The number of carbonyl (C=O) groups excluding carboxylic acids is 1. The molecule has 0 aliphatic carbocycles. The third-order valence-electron chi connectivity index (χ3n) is 3.57. The van der Waals surface area contributed by atoms with Gasteiger partial charge in [0.15, 0.2) is 0 Å². The number of nitrogens with zero attached hydrogens (tertiary/aromatic N) is 3. The summed E-state index contributed by atoms with van der Waals surface area (Å²) in [6, 6.07) is 0. The summed E-state index contributed by atoms with van der Waals surface area (Å²) in [6.45, 7) is 3.69. The maximum atomic E-state index is 12.2. The number of hydrogen-bond donors (Lipinski definition) is 3. The monoisotopic (exact) mass is 281 g/mol. The van der Waals surface area contributed by atoms with Gasteiger partial charge in [-0.05, 0) is 25.9 Å². The number of carboxylic acids is 1. The highest BCUT2D eigenvalue weighted by atomic mass is 16.4. The number of carboxylic acid groups (broad SMARTS) is 1. The lowest BCUT2D eigenvalue weighted by molar-refractivity contribution is -0.138. The first-order valence-corrected chi connectivity index (χ1v) is 6.59. The minimum absolute atomic E-state index is 0.00628. The number of nitrogens with one attached hydrogen (secondary N) is 2. The second-order valence-electron chi connectivity index (χ2n) is 5.29. The lowest BCUT2D eigenvalue weighted by Gasteiger charge is -2.32. The number of carbonyl (C=O) groups is 2. The van der Waals surface area contributed by atoms with Crippen molar-refractivity contribution in [3.8, 4) is 0 Å². The third-order valence-corrected chi connectivity index (χ3v) is 3.57. The van der Waals surface area contributed by atoms with Gasteiger partial charge in [-0.15, -0.1) is 5.10 Å². The van der Waals surface area contributed by atoms with Crippen molar-refractivity contribution >= 4 is 11.9 Å². The Morgan fingerprint density at radius 3 is 2.85 bits per heavy atom. The predicted octanol–water partition coefficient (Wildman–Crippen LogP) is -0.631. The molecule has 3 N–H and O–H groups in total. The van der Waals surface area contributed by atoms with Gasteiger partial charge in [0.05, 0.1) is 12.7 Å². The van der Waals surface area contributed by atoms with E-state index in [0.29, 0.717) is 5.69 Å². The Hall–Kier alpha value is -1.96. The first-order valence-electron chi connectivity index (χ1n) is 6.59. The average Bonchev–Trinajstić information content (AvgIpc) is 2.83. The van der Waals surface area contributed by atoms with Crippen molar-refractivity contribution in [3.63, 3.8) is 0 Å². The van der Waals surface area contributed by atoms with Crippen LogP contribution < -0.4 is 10.6 Å². The van der Waals surface area contributed by atoms with Crippen LogP contribution in [0.25, 0.3) is 0 Å². The van der Waals surface area contributed by atoms with E-state index in [1.165, 1.54) is 10.9 Å². The van der Waals surface area contributed by atoms with Crippen LogP contribution in [0.15, 0.2) is 6.20 Å². The van der Waals surface area contributed by atoms with Gasteiger partial charge >= 0.3 is 5.97 Å². The molecule has 0 bridgehead atoms. The largest absolute Gasteiger partial charge is 0.480 e. The summed E-state index contributed by atoms with van der Waals surface area (Å²) >= 11 is 0. The smallest absolute Gasteiger partial charge is 0.325 e. The quantitative estimate of drug-likeness (QED) is 0.663. The van der Waals surface area contributed by atoms with Crippen molar-refractivity contribution in [2.45, 2.75) is 32.9 Å². The molecule has 0 atom stereocenters. The van der Waals surface area contributed by atoms with Crippen molar-refractivity contribution in [3.05, 3.63) is 11.9 Å². The molecule has 0 saturated carbocycles. The Labute approximate surface area is 116 Å². The Bertz CT molecular complexity index is 493. The molecule has 8 heteroatoms. The van der Waals surface area contributed by atoms with Crippen LogP contribution in [0.3, 0.4) is 0 Å². The molecule has 2 heterocycles. The van der Waals surface area contributed by atoms with Crippen LogP contribution in [-0.4, -0.2) is 45.1 Å². The second-order valence-corrected chi connectivity index (χ2v) is 5.29. The van der Waals surface area contributed by atoms with E-state index >= 15 is 0 Å². The zero-order valence-corrected chi connectivity index (χ0v) is 11.4. The molecular formula is C12H19N5O3. The van der Waals surface area contributed by atoms with Gasteiger partial charge in [0.1, 0.15) is 12.2 Å². The van der Waals surface area contributed by atoms with Gasteiger partial charge in [0.2, 0.25) is 5.91 Å². The molecule has 0 radical (unpaired) electrons. The summed E-state index contributed by atoms with van der Waals surface area (Å²) in [5.41, 5.74) is 0.208. The molecular weight excluding hydrogens is 262 g/mol. The topological polar surface area (TPSA) is 109 Å². The standard InChI is InChI=1S/C12H19N5O3/c1-12(2-4-13-5-3-12)11(20)14-6-9-7-17(16-15-9)8-10(18)19/h7,13H,2-6,8H2,1H3,(H,14,20)(H,18,19). The van der Waals surface area contributed by atoms with Gasteiger partial charge in [-0.3, -0.25) is 9.59 Å². The normalized spacial score (nSPS) is 17.6. The van der Waals surface area contributed by atoms with Crippen LogP contribution >= 0.6 is 0 Å². The van der Waals surface area contributed by atoms with E-state index in [1.807, 2.05) is 6.92 Å². The van der Waals surface area contributed by atoms with E-state index in [-0.39, 0.29) is 24.4 Å². The molecule has 110 valence electrons. The van der Waals surface area contributed by atoms with Crippen LogP contribution in [0.1, 0.15) is 25.5 Å². The summed E-state index contributed by atoms with van der Waals surface area (Å²) in [5.74, 6) is -0.973. The van der Waals surface area contributed by atoms with E-state index in [2.05, 4.69) is 20.9 Å². The van der Waals surface area contributed by atoms with Crippen LogP contribution in [0, 0.1) is 5.41 Å². The summed E-state index contributed by atoms with van der Waals surface area (Å²) in [4.78, 5) is 22.7. The molecule has 1 aromatic rings. The Kier molecular flexibility index (Phi) is 4.33. The summed E-state index contributed by atoms with van der Waals surface area (Å²) in [6.07, 6.45) is 3.15. The highest BCUT2D eigenvalue weighted by Crippen LogP contribution is 2.27. The number of rotatable bonds is 5. The molecule has 1 aromatic heterocycles. The van der Waals surface area contributed by atoms with Gasteiger partial charge in [-0.1, -0.05) is 12.1 Å². The van der Waals surface area contributed by atoms with Crippen molar-refractivity contribution in [2.24, 2.45) is 5.41 Å². The summed E-state index contributed by atoms with van der Waals surface area (Å²) < 4.78 is 1.23. The third kappa shape index (κ3) is 3.53. The van der Waals surface area contributed by atoms with E-state index in [9.17, 15) is 9.59 Å². The van der Waals surface area contributed by atoms with E-state index < -0.39 is 5.97 Å². The highest BCUT2D eigenvalue weighted by molar-refractivity contribution is 5.82. The predicted molar refractivity (Wildman–Crippen MR) is 69.7 cm³/mol. The molecule has 8 nitrogen and oxygen atoms in total. The van der Waals surface area contributed by atoms with Crippen LogP contribution in [0.4, 0.5) is 0 Å². The van der Waals surface area contributed by atoms with Crippen LogP contribution in [0.5, 0.6) is 0 Å². The molecule has 1 fully saturated rings. The number of hydrogen-bond acceptors (Lipinski definition) is 5. The van der Waals surface area contributed by atoms with Crippen molar-refractivity contribution < 1.29 is 14.7 Å². The van der Waals surface area contributed by atoms with Crippen LogP contribution in [0.2, 0.25) is 0 Å². The summed E-state index contributed by atoms with van der Waals surface area (Å²) in [5, 5.41) is 22.2. The number of amides is 1. The van der Waals surface area contributed by atoms with Gasteiger partial charge in [0.25, 0.3) is 0 Å². The fraction of sp³-hybridized carbons (Fsp3) is 0.667. The van der Waals surface area contributed by atoms with Gasteiger partial charge in [0, 0.05) is 5.41 Å². The first kappa shape index (κ1) is 14.4. The van der Waals surface area contributed by atoms with E-state index in [0.717, 1.165) is 25.9 Å². The molecule has 0 aromatic carbocycles. The lowest BCUT2D eigenvalue weighted by Crippen LogP contribution is -2.45. The molecule has 1 aliphatic heterocycles. The fourth-order valence-corrected chi connectivity index (χ4v) is 2.23. The van der Waals surface area contributed by atoms with Crippen molar-refractivity contribution in [1.29, 1.82) is 0 Å². The minimum Gasteiger partial charge on any atom is -0.480 e. The average molecular weight is 281 g/mol. The van der Waals surface area contributed by atoms with E-state index in [4.69, 9.17) is 5.11 Å². The Morgan fingerprint density at radius 1 is 1.50 bits per heavy atom. The minimum atomic E-state index is -0.979. The van der Waals surface area contributed by atoms with Crippen LogP contribution in [-0.2, 0) is 22.7 Å². The van der Waals surface area contributed by atoms with E-state index in [1.54, 1.807) is 0 Å². The molecule has 2 rings (SSSR count). The maximum Gasteiger partial charge on any atom is 0.325 e. The number of piperidine rings is 1. The number of aromatic nitrogens is 3. The molecule has 1 amide bonds. The van der Waals surface area contributed by atoms with Gasteiger partial charge in [-0.25, -0.2) is 4.68 Å². The van der Waals surface area contributed by atoms with Crippen molar-refractivity contribution in [2.75, 3.05) is 13.1 Å². The van der Waals surface area contributed by atoms with Gasteiger partial charge < -0.3 is 15.7 Å².